The Morgan fingerprint density at radius 2 is 1.43 bits per heavy atom. The van der Waals surface area contributed by atoms with Gasteiger partial charge in [-0.25, -0.2) is 18.0 Å². The number of carbonyl (C=O) groups is 2. The van der Waals surface area contributed by atoms with Gasteiger partial charge in [0.2, 0.25) is 0 Å². The summed E-state index contributed by atoms with van der Waals surface area (Å²) in [7, 11) is -5.11. The van der Waals surface area contributed by atoms with Crippen LogP contribution in [0.25, 0.3) is 32.3 Å². The minimum Gasteiger partial charge on any atom is -0.744 e. The normalized spacial score (nSPS) is 17.4. The molecule has 0 atom stereocenters. The number of hydroxylamine groups is 2. The molecule has 1 aliphatic rings. The van der Waals surface area contributed by atoms with Crippen LogP contribution in [0.4, 0.5) is 5.69 Å². The molecule has 0 aromatic heterocycles. The fraction of sp³-hybridized carbons (Fsp3) is 0.100. The van der Waals surface area contributed by atoms with Crippen LogP contribution in [0.5, 0.6) is 0 Å². The van der Waals surface area contributed by atoms with E-state index in [1.165, 1.54) is 12.1 Å². The number of hydrogen-bond acceptors (Lipinski definition) is 6. The van der Waals surface area contributed by atoms with Crippen LogP contribution in [0, 0.1) is 0 Å². The van der Waals surface area contributed by atoms with Gasteiger partial charge in [0, 0.05) is 11.5 Å². The highest BCUT2D eigenvalue weighted by atomic mass is 32.2. The van der Waals surface area contributed by atoms with E-state index in [9.17, 15) is 27.8 Å². The Hall–Kier alpha value is -2.91. The lowest BCUT2D eigenvalue weighted by molar-refractivity contribution is -0.168. The van der Waals surface area contributed by atoms with E-state index >= 15 is 0 Å². The number of carbonyl (C=O) groups excluding carboxylic acids is 2. The van der Waals surface area contributed by atoms with E-state index in [2.05, 4.69) is 0 Å². The van der Waals surface area contributed by atoms with Crippen molar-refractivity contribution in [1.29, 1.82) is 0 Å². The molecule has 0 saturated carbocycles. The van der Waals surface area contributed by atoms with Crippen LogP contribution >= 0.6 is 0 Å². The van der Waals surface area contributed by atoms with Gasteiger partial charge in [0.25, 0.3) is 0 Å². The van der Waals surface area contributed by atoms with Gasteiger partial charge in [-0.2, -0.15) is 5.21 Å². The SMILES string of the molecule is O=C1CCC(=O)[N+]1(O)c1cc2ccc3cccc4ccc(c1S(=O)(=O)[O-])c2c34. The third-order valence-corrected chi connectivity index (χ3v) is 6.38. The van der Waals surface area contributed by atoms with E-state index in [4.69, 9.17) is 0 Å². The Labute approximate surface area is 159 Å². The largest absolute Gasteiger partial charge is 0.744 e. The highest BCUT2D eigenvalue weighted by molar-refractivity contribution is 7.86. The summed E-state index contributed by atoms with van der Waals surface area (Å²) in [4.78, 5) is 23.9. The lowest BCUT2D eigenvalue weighted by Crippen LogP contribution is -2.51. The zero-order chi connectivity index (χ0) is 19.8. The number of nitrogens with zero attached hydrogens (tertiary/aromatic N) is 1. The second-order valence-electron chi connectivity index (χ2n) is 6.96. The van der Waals surface area contributed by atoms with E-state index in [1.807, 2.05) is 24.3 Å². The molecule has 1 fully saturated rings. The quantitative estimate of drug-likeness (QED) is 0.184. The molecule has 0 spiro atoms. The number of amides is 2. The van der Waals surface area contributed by atoms with Gasteiger partial charge in [0.05, 0.1) is 12.8 Å². The van der Waals surface area contributed by atoms with Crippen molar-refractivity contribution in [1.82, 2.24) is 4.65 Å². The average Bonchev–Trinajstić information content (AvgIpc) is 2.92. The van der Waals surface area contributed by atoms with Gasteiger partial charge in [-0.15, -0.1) is 0 Å². The molecule has 2 amide bonds. The molecular weight excluding hydrogens is 382 g/mol. The zero-order valence-corrected chi connectivity index (χ0v) is 15.2. The highest BCUT2D eigenvalue weighted by Crippen LogP contribution is 2.44. The van der Waals surface area contributed by atoms with Crippen LogP contribution in [-0.4, -0.2) is 30.0 Å². The lowest BCUT2D eigenvalue weighted by atomic mass is 9.93. The van der Waals surface area contributed by atoms with E-state index < -0.39 is 37.2 Å². The van der Waals surface area contributed by atoms with Gasteiger partial charge in [0.15, 0.2) is 5.69 Å². The van der Waals surface area contributed by atoms with Crippen LogP contribution < -0.4 is 4.65 Å². The molecule has 1 aliphatic heterocycles. The predicted molar refractivity (Wildman–Crippen MR) is 101 cm³/mol. The molecule has 8 heteroatoms. The van der Waals surface area contributed by atoms with Crippen LogP contribution in [0.2, 0.25) is 0 Å². The van der Waals surface area contributed by atoms with Crippen molar-refractivity contribution >= 4 is 59.9 Å². The summed E-state index contributed by atoms with van der Waals surface area (Å²) in [5.41, 5.74) is -0.506. The maximum absolute atomic E-state index is 12.3. The average molecular weight is 395 g/mol. The van der Waals surface area contributed by atoms with Crippen LogP contribution in [0.1, 0.15) is 12.8 Å². The number of imide groups is 1. The topological polar surface area (TPSA) is 112 Å². The summed E-state index contributed by atoms with van der Waals surface area (Å²) in [6.07, 6.45) is -0.447. The molecule has 1 heterocycles. The Morgan fingerprint density at radius 3 is 2.04 bits per heavy atom. The zero-order valence-electron chi connectivity index (χ0n) is 14.4. The summed E-state index contributed by atoms with van der Waals surface area (Å²) in [6, 6.07) is 13.6. The minimum atomic E-state index is -5.11. The molecule has 0 aliphatic carbocycles. The van der Waals surface area contributed by atoms with E-state index in [0.717, 1.165) is 16.2 Å². The van der Waals surface area contributed by atoms with Crippen LogP contribution in [-0.2, 0) is 19.7 Å². The molecule has 5 rings (SSSR count). The molecule has 1 N–H and O–H groups in total. The van der Waals surface area contributed by atoms with Crippen molar-refractivity contribution in [3.05, 3.63) is 48.5 Å². The number of quaternary nitrogens is 1. The maximum atomic E-state index is 12.3. The van der Waals surface area contributed by atoms with Crippen molar-refractivity contribution < 1.29 is 27.8 Å². The number of rotatable bonds is 2. The minimum absolute atomic E-state index is 0.0888. The number of hydrogen-bond donors (Lipinski definition) is 1. The first-order valence-electron chi connectivity index (χ1n) is 8.58. The summed E-state index contributed by atoms with van der Waals surface area (Å²) in [5.74, 6) is -1.72. The van der Waals surface area contributed by atoms with E-state index in [0.29, 0.717) is 10.8 Å². The smallest absolute Gasteiger partial charge is 0.359 e. The highest BCUT2D eigenvalue weighted by Gasteiger charge is 2.54. The van der Waals surface area contributed by atoms with Gasteiger partial charge in [-0.05, 0) is 31.6 Å². The summed E-state index contributed by atoms with van der Waals surface area (Å²) < 4.78 is 34.8. The molecule has 0 radical (unpaired) electrons. The molecule has 0 unspecified atom stereocenters. The van der Waals surface area contributed by atoms with Gasteiger partial charge < -0.3 is 4.55 Å². The standard InChI is InChI=1S/C20H13NO6S/c22-16-8-9-17(23)21(16,24)15-10-13-5-4-11-2-1-3-12-6-7-14(19(13)18(11)12)20(15)28(25,26)27/h1-7,10,24H,8-9H2. The molecule has 4 aromatic carbocycles. The molecule has 28 heavy (non-hydrogen) atoms. The molecule has 1 saturated heterocycles. The molecule has 0 bridgehead atoms. The molecular formula is C20H13NO6S. The first kappa shape index (κ1) is 17.2. The van der Waals surface area contributed by atoms with Crippen molar-refractivity contribution in [3.63, 3.8) is 0 Å². The predicted octanol–water partition coefficient (Wildman–Crippen LogP) is 3.03. The Balaban J connectivity index is 2.06. The van der Waals surface area contributed by atoms with Gasteiger partial charge in [-0.3, -0.25) is 0 Å². The fourth-order valence-corrected chi connectivity index (χ4v) is 5.10. The second kappa shape index (κ2) is 5.33. The molecule has 7 nitrogen and oxygen atoms in total. The molecule has 4 aromatic rings. The number of benzene rings is 4. The Kier molecular flexibility index (Phi) is 3.28. The summed E-state index contributed by atoms with van der Waals surface area (Å²) in [5, 5.41) is 14.5. The Morgan fingerprint density at radius 1 is 0.857 bits per heavy atom. The Bertz CT molecular complexity index is 1410. The van der Waals surface area contributed by atoms with Crippen molar-refractivity contribution in [2.45, 2.75) is 17.7 Å². The van der Waals surface area contributed by atoms with Crippen molar-refractivity contribution in [3.8, 4) is 0 Å². The molecule has 140 valence electrons. The van der Waals surface area contributed by atoms with Crippen molar-refractivity contribution in [2.75, 3.05) is 0 Å². The van der Waals surface area contributed by atoms with Gasteiger partial charge in [-0.1, -0.05) is 42.5 Å². The van der Waals surface area contributed by atoms with Gasteiger partial charge >= 0.3 is 11.8 Å². The first-order valence-corrected chi connectivity index (χ1v) is 9.99. The van der Waals surface area contributed by atoms with Crippen LogP contribution in [0.3, 0.4) is 0 Å². The fourth-order valence-electron chi connectivity index (χ4n) is 4.22. The second-order valence-corrected chi connectivity index (χ2v) is 8.27. The summed E-state index contributed by atoms with van der Waals surface area (Å²) >= 11 is 0. The van der Waals surface area contributed by atoms with Crippen molar-refractivity contribution in [2.24, 2.45) is 0 Å². The van der Waals surface area contributed by atoms with Crippen LogP contribution in [0.15, 0.2) is 53.4 Å². The third-order valence-electron chi connectivity index (χ3n) is 5.45. The van der Waals surface area contributed by atoms with E-state index in [-0.39, 0.29) is 18.2 Å². The lowest BCUT2D eigenvalue weighted by Gasteiger charge is -2.25. The first-order chi connectivity index (χ1) is 13.2. The van der Waals surface area contributed by atoms with E-state index in [1.54, 1.807) is 12.1 Å². The summed E-state index contributed by atoms with van der Waals surface area (Å²) in [6.45, 7) is 0. The third kappa shape index (κ3) is 2.05. The van der Waals surface area contributed by atoms with Gasteiger partial charge in [0.1, 0.15) is 15.0 Å². The maximum Gasteiger partial charge on any atom is 0.359 e. The monoisotopic (exact) mass is 395 g/mol.